The molecule has 4 rings (SSSR count). The number of carbonyl (C=O) groups is 1. The fraction of sp³-hybridized carbons (Fsp3) is 0.174. The first-order valence-electron chi connectivity index (χ1n) is 9.77. The van der Waals surface area contributed by atoms with Gasteiger partial charge in [-0.05, 0) is 61.9 Å². The van der Waals surface area contributed by atoms with Crippen LogP contribution in [0.15, 0.2) is 61.1 Å². The number of halogens is 1. The highest BCUT2D eigenvalue weighted by atomic mass is 35.5. The number of aryl methyl sites for hydroxylation is 1. The molecule has 8 heteroatoms. The molecule has 1 amide bonds. The molecule has 0 aliphatic carbocycles. The number of hydrogen-bond donors (Lipinski definition) is 1. The zero-order valence-corrected chi connectivity index (χ0v) is 17.9. The number of nitrogen functional groups attached to an aromatic ring is 1. The first-order chi connectivity index (χ1) is 14.9. The predicted molar refractivity (Wildman–Crippen MR) is 120 cm³/mol. The zero-order chi connectivity index (χ0) is 22.0. The summed E-state index contributed by atoms with van der Waals surface area (Å²) in [7, 11) is 0. The van der Waals surface area contributed by atoms with Gasteiger partial charge < -0.3 is 10.6 Å². The Balaban J connectivity index is 1.72. The van der Waals surface area contributed by atoms with Gasteiger partial charge in [-0.2, -0.15) is 0 Å². The molecule has 7 nitrogen and oxygen atoms in total. The Morgan fingerprint density at radius 1 is 1.13 bits per heavy atom. The number of nitrogens with zero attached hydrogens (tertiary/aromatic N) is 5. The summed E-state index contributed by atoms with van der Waals surface area (Å²) in [4.78, 5) is 32.7. The Bertz CT molecular complexity index is 1230. The van der Waals surface area contributed by atoms with Gasteiger partial charge in [-0.25, -0.2) is 15.0 Å². The number of nitrogens with two attached hydrogens (primary N) is 1. The number of carbonyl (C=O) groups excluding carboxylic acids is 1. The standard InChI is InChI=1S/C23H21ClN6O/c1-14-10-17-11-16(4-7-20(17)29-21(14)25)23(31)30(13-19-6-5-18(24)12-28-19)15(2)22-26-8-3-9-27-22/h3-12,15H,13H2,1-2H3,(H2,25,29). The van der Waals surface area contributed by atoms with Gasteiger partial charge in [0, 0.05) is 29.5 Å². The van der Waals surface area contributed by atoms with Crippen molar-refractivity contribution in [2.75, 3.05) is 5.73 Å². The normalized spacial score (nSPS) is 12.0. The molecule has 0 aliphatic rings. The number of fused-ring (bicyclic) bond motifs is 1. The summed E-state index contributed by atoms with van der Waals surface area (Å²) in [6, 6.07) is 12.3. The van der Waals surface area contributed by atoms with E-state index < -0.39 is 0 Å². The van der Waals surface area contributed by atoms with E-state index in [9.17, 15) is 4.79 Å². The van der Waals surface area contributed by atoms with Gasteiger partial charge in [0.25, 0.3) is 5.91 Å². The first kappa shape index (κ1) is 20.7. The Morgan fingerprint density at radius 2 is 1.90 bits per heavy atom. The van der Waals surface area contributed by atoms with Crippen molar-refractivity contribution in [2.45, 2.75) is 26.4 Å². The van der Waals surface area contributed by atoms with Crippen molar-refractivity contribution in [3.05, 3.63) is 88.7 Å². The van der Waals surface area contributed by atoms with Crippen LogP contribution in [0.5, 0.6) is 0 Å². The molecule has 1 atom stereocenters. The molecule has 3 heterocycles. The molecule has 31 heavy (non-hydrogen) atoms. The van der Waals surface area contributed by atoms with Gasteiger partial charge in [0.2, 0.25) is 0 Å². The van der Waals surface area contributed by atoms with Crippen LogP contribution in [0.4, 0.5) is 5.82 Å². The highest BCUT2D eigenvalue weighted by Crippen LogP contribution is 2.25. The van der Waals surface area contributed by atoms with Crippen LogP contribution < -0.4 is 5.73 Å². The van der Waals surface area contributed by atoms with Crippen molar-refractivity contribution >= 4 is 34.2 Å². The molecule has 1 aromatic carbocycles. The number of aromatic nitrogens is 4. The Hall–Kier alpha value is -3.58. The van der Waals surface area contributed by atoms with E-state index in [1.807, 2.05) is 26.0 Å². The van der Waals surface area contributed by atoms with Gasteiger partial charge in [0.05, 0.1) is 28.8 Å². The first-order valence-corrected chi connectivity index (χ1v) is 10.2. The van der Waals surface area contributed by atoms with Crippen molar-refractivity contribution < 1.29 is 4.79 Å². The van der Waals surface area contributed by atoms with Gasteiger partial charge in [-0.3, -0.25) is 9.78 Å². The third-order valence-corrected chi connectivity index (χ3v) is 5.32. The van der Waals surface area contributed by atoms with Crippen LogP contribution in [-0.2, 0) is 6.54 Å². The molecule has 4 aromatic rings. The number of anilines is 1. The van der Waals surface area contributed by atoms with Gasteiger partial charge in [0.1, 0.15) is 11.6 Å². The summed E-state index contributed by atoms with van der Waals surface area (Å²) >= 11 is 5.97. The van der Waals surface area contributed by atoms with Crippen LogP contribution in [0.25, 0.3) is 10.9 Å². The molecule has 0 saturated heterocycles. The molecule has 2 N–H and O–H groups in total. The number of hydrogen-bond acceptors (Lipinski definition) is 6. The van der Waals surface area contributed by atoms with Crippen molar-refractivity contribution in [3.8, 4) is 0 Å². The lowest BCUT2D eigenvalue weighted by atomic mass is 10.1. The molecule has 0 saturated carbocycles. The molecule has 0 fully saturated rings. The largest absolute Gasteiger partial charge is 0.383 e. The number of amides is 1. The minimum Gasteiger partial charge on any atom is -0.383 e. The van der Waals surface area contributed by atoms with E-state index in [0.29, 0.717) is 27.9 Å². The van der Waals surface area contributed by atoms with Crippen molar-refractivity contribution in [2.24, 2.45) is 0 Å². The Morgan fingerprint density at radius 3 is 2.61 bits per heavy atom. The fourth-order valence-electron chi connectivity index (χ4n) is 3.32. The maximum atomic E-state index is 13.6. The summed E-state index contributed by atoms with van der Waals surface area (Å²) in [6.45, 7) is 4.08. The maximum Gasteiger partial charge on any atom is 0.254 e. The van der Waals surface area contributed by atoms with E-state index in [1.165, 1.54) is 0 Å². The lowest BCUT2D eigenvalue weighted by molar-refractivity contribution is 0.0663. The Labute approximate surface area is 184 Å². The molecule has 0 spiro atoms. The quantitative estimate of drug-likeness (QED) is 0.503. The molecular weight excluding hydrogens is 412 g/mol. The second kappa shape index (κ2) is 8.65. The lowest BCUT2D eigenvalue weighted by Crippen LogP contribution is -2.34. The van der Waals surface area contributed by atoms with E-state index >= 15 is 0 Å². The molecular formula is C23H21ClN6O. The molecule has 0 bridgehead atoms. The van der Waals surface area contributed by atoms with E-state index in [1.54, 1.807) is 53.8 Å². The molecule has 156 valence electrons. The number of rotatable bonds is 5. The number of pyridine rings is 2. The van der Waals surface area contributed by atoms with Crippen LogP contribution in [0.3, 0.4) is 0 Å². The second-order valence-corrected chi connectivity index (χ2v) is 7.72. The average Bonchev–Trinajstić information content (AvgIpc) is 2.79. The van der Waals surface area contributed by atoms with E-state index in [2.05, 4.69) is 19.9 Å². The van der Waals surface area contributed by atoms with Crippen molar-refractivity contribution in [3.63, 3.8) is 0 Å². The summed E-state index contributed by atoms with van der Waals surface area (Å²) < 4.78 is 0. The Kier molecular flexibility index (Phi) is 5.77. The van der Waals surface area contributed by atoms with E-state index in [-0.39, 0.29) is 18.5 Å². The second-order valence-electron chi connectivity index (χ2n) is 7.28. The van der Waals surface area contributed by atoms with Crippen LogP contribution in [-0.4, -0.2) is 30.7 Å². The third kappa shape index (κ3) is 4.46. The number of benzene rings is 1. The van der Waals surface area contributed by atoms with Crippen LogP contribution in [0, 0.1) is 6.92 Å². The summed E-state index contributed by atoms with van der Waals surface area (Å²) in [5, 5.41) is 1.39. The predicted octanol–water partition coefficient (Wildman–Crippen LogP) is 4.37. The lowest BCUT2D eigenvalue weighted by Gasteiger charge is -2.28. The molecule has 1 unspecified atom stereocenters. The highest BCUT2D eigenvalue weighted by molar-refractivity contribution is 6.30. The van der Waals surface area contributed by atoms with E-state index in [0.717, 1.165) is 16.5 Å². The van der Waals surface area contributed by atoms with Crippen LogP contribution in [0.2, 0.25) is 5.02 Å². The maximum absolute atomic E-state index is 13.6. The average molecular weight is 433 g/mol. The van der Waals surface area contributed by atoms with Crippen LogP contribution in [0.1, 0.15) is 40.4 Å². The van der Waals surface area contributed by atoms with Gasteiger partial charge in [-0.1, -0.05) is 11.6 Å². The highest BCUT2D eigenvalue weighted by Gasteiger charge is 2.25. The molecule has 3 aromatic heterocycles. The molecule has 0 aliphatic heterocycles. The fourth-order valence-corrected chi connectivity index (χ4v) is 3.43. The van der Waals surface area contributed by atoms with Crippen LogP contribution >= 0.6 is 11.6 Å². The SMILES string of the molecule is Cc1cc2cc(C(=O)N(Cc3ccc(Cl)cn3)C(C)c3ncccn3)ccc2nc1N. The van der Waals surface area contributed by atoms with Crippen molar-refractivity contribution in [1.29, 1.82) is 0 Å². The monoisotopic (exact) mass is 432 g/mol. The minimum atomic E-state index is -0.367. The minimum absolute atomic E-state index is 0.159. The van der Waals surface area contributed by atoms with E-state index in [4.69, 9.17) is 17.3 Å². The third-order valence-electron chi connectivity index (χ3n) is 5.10. The van der Waals surface area contributed by atoms with Crippen molar-refractivity contribution in [1.82, 2.24) is 24.8 Å². The van der Waals surface area contributed by atoms with Gasteiger partial charge >= 0.3 is 0 Å². The zero-order valence-electron chi connectivity index (χ0n) is 17.2. The smallest absolute Gasteiger partial charge is 0.254 e. The van der Waals surface area contributed by atoms with Gasteiger partial charge in [0.15, 0.2) is 0 Å². The summed E-state index contributed by atoms with van der Waals surface area (Å²) in [5.41, 5.74) is 8.77. The molecule has 0 radical (unpaired) electrons. The summed E-state index contributed by atoms with van der Waals surface area (Å²) in [6.07, 6.45) is 4.89. The summed E-state index contributed by atoms with van der Waals surface area (Å²) in [5.74, 6) is 0.876. The van der Waals surface area contributed by atoms with Gasteiger partial charge in [-0.15, -0.1) is 0 Å². The topological polar surface area (TPSA) is 97.9 Å².